The molecule has 1 aliphatic carbocycles. The Hall–Kier alpha value is -0.0800. The van der Waals surface area contributed by atoms with Crippen molar-refractivity contribution in [2.45, 2.75) is 46.6 Å². The average Bonchev–Trinajstić information content (AvgIpc) is 2.80. The van der Waals surface area contributed by atoms with E-state index >= 15 is 0 Å². The first-order valence-corrected chi connectivity index (χ1v) is 6.31. The molecule has 0 aromatic rings. The third kappa shape index (κ3) is 6.16. The van der Waals surface area contributed by atoms with Crippen molar-refractivity contribution < 1.29 is 0 Å². The minimum absolute atomic E-state index is 0.395. The van der Waals surface area contributed by atoms with Gasteiger partial charge in [0.1, 0.15) is 0 Å². The Morgan fingerprint density at radius 2 is 1.93 bits per heavy atom. The van der Waals surface area contributed by atoms with Crippen LogP contribution in [0.3, 0.4) is 0 Å². The van der Waals surface area contributed by atoms with E-state index in [1.807, 2.05) is 0 Å². The summed E-state index contributed by atoms with van der Waals surface area (Å²) in [6, 6.07) is 0.833. The maximum absolute atomic E-state index is 3.63. The largest absolute Gasteiger partial charge is 0.313 e. The molecule has 1 rings (SSSR count). The zero-order valence-corrected chi connectivity index (χ0v) is 11.1. The van der Waals surface area contributed by atoms with Crippen molar-refractivity contribution in [3.05, 3.63) is 0 Å². The maximum Gasteiger partial charge on any atom is 0.00684 e. The van der Waals surface area contributed by atoms with Crippen molar-refractivity contribution in [3.63, 3.8) is 0 Å². The van der Waals surface area contributed by atoms with Gasteiger partial charge in [-0.15, -0.1) is 0 Å². The highest BCUT2D eigenvalue weighted by Crippen LogP contribution is 2.22. The van der Waals surface area contributed by atoms with Crippen molar-refractivity contribution in [3.8, 4) is 0 Å². The van der Waals surface area contributed by atoms with Crippen LogP contribution >= 0.6 is 0 Å². The van der Waals surface area contributed by atoms with Gasteiger partial charge in [0.05, 0.1) is 0 Å². The molecule has 0 spiro atoms. The molecule has 0 unspecified atom stereocenters. The fourth-order valence-electron chi connectivity index (χ4n) is 2.18. The highest BCUT2D eigenvalue weighted by molar-refractivity contribution is 4.85. The summed E-state index contributed by atoms with van der Waals surface area (Å²) in [5, 5.41) is 3.63. The van der Waals surface area contributed by atoms with Crippen molar-refractivity contribution in [2.24, 2.45) is 11.3 Å². The van der Waals surface area contributed by atoms with Crippen LogP contribution in [0, 0.1) is 11.3 Å². The highest BCUT2D eigenvalue weighted by Gasteiger charge is 2.26. The molecule has 1 N–H and O–H groups in total. The quantitative estimate of drug-likeness (QED) is 0.697. The third-order valence-electron chi connectivity index (χ3n) is 2.82. The smallest absolute Gasteiger partial charge is 0.00684 e. The Morgan fingerprint density at radius 1 is 1.33 bits per heavy atom. The first-order chi connectivity index (χ1) is 6.89. The monoisotopic (exact) mass is 212 g/mol. The number of hydrogen-bond acceptors (Lipinski definition) is 2. The summed E-state index contributed by atoms with van der Waals surface area (Å²) in [6.45, 7) is 12.8. The summed E-state index contributed by atoms with van der Waals surface area (Å²) >= 11 is 0. The Bertz CT molecular complexity index is 183. The fraction of sp³-hybridized carbons (Fsp3) is 1.00. The standard InChI is InChI=1S/C13H28N2/c1-11(2)8-15(5)10-13(3,4)9-14-12-6-7-12/h11-12,14H,6-10H2,1-5H3. The summed E-state index contributed by atoms with van der Waals surface area (Å²) in [7, 11) is 2.23. The van der Waals surface area contributed by atoms with E-state index < -0.39 is 0 Å². The third-order valence-corrected chi connectivity index (χ3v) is 2.82. The average molecular weight is 212 g/mol. The molecule has 2 heteroatoms. The van der Waals surface area contributed by atoms with Crippen molar-refractivity contribution >= 4 is 0 Å². The predicted octanol–water partition coefficient (Wildman–Crippen LogP) is 2.35. The second-order valence-corrected chi connectivity index (χ2v) is 6.41. The fourth-order valence-corrected chi connectivity index (χ4v) is 2.18. The zero-order chi connectivity index (χ0) is 11.5. The van der Waals surface area contributed by atoms with Crippen LogP contribution in [0.15, 0.2) is 0 Å². The van der Waals surface area contributed by atoms with E-state index in [1.165, 1.54) is 25.9 Å². The summed E-state index contributed by atoms with van der Waals surface area (Å²) in [6.07, 6.45) is 2.77. The van der Waals surface area contributed by atoms with Crippen LogP contribution in [0.2, 0.25) is 0 Å². The molecule has 0 radical (unpaired) electrons. The van der Waals surface area contributed by atoms with E-state index in [4.69, 9.17) is 0 Å². The molecule has 0 heterocycles. The van der Waals surface area contributed by atoms with Crippen molar-refractivity contribution in [1.29, 1.82) is 0 Å². The SMILES string of the molecule is CC(C)CN(C)CC(C)(C)CNC1CC1. The lowest BCUT2D eigenvalue weighted by Gasteiger charge is -2.31. The Morgan fingerprint density at radius 3 is 2.40 bits per heavy atom. The van der Waals surface area contributed by atoms with Crippen LogP contribution in [0.25, 0.3) is 0 Å². The Labute approximate surface area is 95.4 Å². The van der Waals surface area contributed by atoms with Crippen molar-refractivity contribution in [1.82, 2.24) is 10.2 Å². The molecule has 90 valence electrons. The lowest BCUT2D eigenvalue weighted by molar-refractivity contribution is 0.189. The molecule has 0 bridgehead atoms. The maximum atomic E-state index is 3.63. The molecule has 0 amide bonds. The van der Waals surface area contributed by atoms with Crippen LogP contribution in [0.5, 0.6) is 0 Å². The summed E-state index contributed by atoms with van der Waals surface area (Å²) in [5.74, 6) is 0.766. The molecule has 0 atom stereocenters. The van der Waals surface area contributed by atoms with Gasteiger partial charge in [-0.05, 0) is 31.2 Å². The molecule has 1 fully saturated rings. The topological polar surface area (TPSA) is 15.3 Å². The molecule has 1 aliphatic rings. The Balaban J connectivity index is 2.19. The van der Waals surface area contributed by atoms with Gasteiger partial charge in [0.2, 0.25) is 0 Å². The van der Waals surface area contributed by atoms with Crippen molar-refractivity contribution in [2.75, 3.05) is 26.7 Å². The molecule has 1 saturated carbocycles. The van der Waals surface area contributed by atoms with Crippen LogP contribution in [0.1, 0.15) is 40.5 Å². The number of hydrogen-bond donors (Lipinski definition) is 1. The van der Waals surface area contributed by atoms with E-state index in [0.29, 0.717) is 5.41 Å². The summed E-state index contributed by atoms with van der Waals surface area (Å²) < 4.78 is 0. The summed E-state index contributed by atoms with van der Waals surface area (Å²) in [4.78, 5) is 2.46. The molecule has 0 saturated heterocycles. The second-order valence-electron chi connectivity index (χ2n) is 6.41. The molecule has 15 heavy (non-hydrogen) atoms. The van der Waals surface area contributed by atoms with Gasteiger partial charge in [0.15, 0.2) is 0 Å². The number of nitrogens with one attached hydrogen (secondary N) is 1. The van der Waals surface area contributed by atoms with Crippen LogP contribution in [-0.4, -0.2) is 37.6 Å². The van der Waals surface area contributed by atoms with Gasteiger partial charge in [-0.3, -0.25) is 0 Å². The molecule has 0 aliphatic heterocycles. The predicted molar refractivity (Wildman–Crippen MR) is 67.1 cm³/mol. The van der Waals surface area contributed by atoms with Gasteiger partial charge in [0, 0.05) is 25.7 Å². The van der Waals surface area contributed by atoms with Crippen LogP contribution in [0.4, 0.5) is 0 Å². The highest BCUT2D eigenvalue weighted by atomic mass is 15.1. The van der Waals surface area contributed by atoms with Gasteiger partial charge in [-0.2, -0.15) is 0 Å². The second kappa shape index (κ2) is 5.31. The zero-order valence-electron chi connectivity index (χ0n) is 11.1. The van der Waals surface area contributed by atoms with Gasteiger partial charge in [-0.1, -0.05) is 27.7 Å². The molecular weight excluding hydrogens is 184 g/mol. The van der Waals surface area contributed by atoms with Crippen LogP contribution < -0.4 is 5.32 Å². The summed E-state index contributed by atoms with van der Waals surface area (Å²) in [5.41, 5.74) is 0.395. The van der Waals surface area contributed by atoms with E-state index in [2.05, 4.69) is 45.0 Å². The number of nitrogens with zero attached hydrogens (tertiary/aromatic N) is 1. The number of rotatable bonds is 7. The van der Waals surface area contributed by atoms with Gasteiger partial charge in [0.25, 0.3) is 0 Å². The normalized spacial score (nSPS) is 17.8. The Kier molecular flexibility index (Phi) is 4.60. The minimum Gasteiger partial charge on any atom is -0.313 e. The van der Waals surface area contributed by atoms with E-state index in [1.54, 1.807) is 0 Å². The van der Waals surface area contributed by atoms with E-state index in [0.717, 1.165) is 18.5 Å². The first kappa shape index (κ1) is 13.0. The molecule has 0 aromatic heterocycles. The van der Waals surface area contributed by atoms with Crippen LogP contribution in [-0.2, 0) is 0 Å². The van der Waals surface area contributed by atoms with Gasteiger partial charge < -0.3 is 10.2 Å². The molecule has 2 nitrogen and oxygen atoms in total. The first-order valence-electron chi connectivity index (χ1n) is 6.31. The molecular formula is C13H28N2. The van der Waals surface area contributed by atoms with Gasteiger partial charge >= 0.3 is 0 Å². The lowest BCUT2D eigenvalue weighted by Crippen LogP contribution is -2.40. The lowest BCUT2D eigenvalue weighted by atomic mass is 9.92. The van der Waals surface area contributed by atoms with E-state index in [-0.39, 0.29) is 0 Å². The molecule has 0 aromatic carbocycles. The van der Waals surface area contributed by atoms with E-state index in [9.17, 15) is 0 Å². The van der Waals surface area contributed by atoms with Gasteiger partial charge in [-0.25, -0.2) is 0 Å². The minimum atomic E-state index is 0.395.